The van der Waals surface area contributed by atoms with Gasteiger partial charge in [-0.1, -0.05) is 12.1 Å². The normalized spacial score (nSPS) is 9.00. The third kappa shape index (κ3) is 2.31. The molecule has 0 unspecified atom stereocenters. The molecular weight excluding hydrogens is 232 g/mol. The highest BCUT2D eigenvalue weighted by Crippen LogP contribution is 2.25. The zero-order valence-electron chi connectivity index (χ0n) is 9.03. The molecule has 0 aliphatic carbocycles. The number of nitrogens with zero attached hydrogens (tertiary/aromatic N) is 5. The van der Waals surface area contributed by atoms with Crippen molar-refractivity contribution in [1.82, 2.24) is 10.2 Å². The second-order valence-corrected chi connectivity index (χ2v) is 3.09. The summed E-state index contributed by atoms with van der Waals surface area (Å²) in [5, 5.41) is 28.2. The summed E-state index contributed by atoms with van der Waals surface area (Å²) < 4.78 is 5.08. The molecule has 0 saturated carbocycles. The number of nitrogens with one attached hydrogen (secondary N) is 1. The number of hydrogen-bond acceptors (Lipinski definition) is 7. The fourth-order valence-corrected chi connectivity index (χ4v) is 1.25. The molecule has 0 fully saturated rings. The largest absolute Gasteiger partial charge is 0.423 e. The van der Waals surface area contributed by atoms with Crippen LogP contribution in [0.4, 0.5) is 5.69 Å². The predicted octanol–water partition coefficient (Wildman–Crippen LogP) is 1.55. The fraction of sp³-hybridized carbons (Fsp3) is 0. The van der Waals surface area contributed by atoms with Crippen LogP contribution in [0.25, 0.3) is 11.5 Å². The molecule has 0 spiro atoms. The summed E-state index contributed by atoms with van der Waals surface area (Å²) in [5.41, 5.74) is 3.54. The van der Waals surface area contributed by atoms with Crippen molar-refractivity contribution in [2.75, 3.05) is 5.43 Å². The Hall–Kier alpha value is -3.19. The minimum atomic E-state index is -0.268. The van der Waals surface area contributed by atoms with Crippen LogP contribution in [0.2, 0.25) is 0 Å². The molecule has 0 bridgehead atoms. The zero-order chi connectivity index (χ0) is 12.8. The van der Waals surface area contributed by atoms with Gasteiger partial charge in [0.2, 0.25) is 18.0 Å². The smallest absolute Gasteiger partial charge is 0.249 e. The summed E-state index contributed by atoms with van der Waals surface area (Å²) in [6, 6.07) is 10.3. The molecule has 1 N–H and O–H groups in total. The van der Waals surface area contributed by atoms with Gasteiger partial charge in [0.25, 0.3) is 0 Å². The van der Waals surface area contributed by atoms with E-state index >= 15 is 0 Å². The van der Waals surface area contributed by atoms with E-state index in [0.717, 1.165) is 0 Å². The average Bonchev–Trinajstić information content (AvgIpc) is 2.94. The van der Waals surface area contributed by atoms with Crippen LogP contribution in [0.3, 0.4) is 0 Å². The molecule has 18 heavy (non-hydrogen) atoms. The van der Waals surface area contributed by atoms with Crippen molar-refractivity contribution in [3.05, 3.63) is 30.7 Å². The minimum Gasteiger partial charge on any atom is -0.423 e. The highest BCUT2D eigenvalue weighted by Gasteiger charge is 2.08. The summed E-state index contributed by atoms with van der Waals surface area (Å²) in [6.45, 7) is 0. The topological polar surface area (TPSA) is 111 Å². The van der Waals surface area contributed by atoms with Crippen molar-refractivity contribution in [2.45, 2.75) is 0 Å². The van der Waals surface area contributed by atoms with Crippen molar-refractivity contribution < 1.29 is 4.42 Å². The molecule has 0 atom stereocenters. The van der Waals surface area contributed by atoms with Gasteiger partial charge >= 0.3 is 0 Å². The van der Waals surface area contributed by atoms with E-state index < -0.39 is 0 Å². The van der Waals surface area contributed by atoms with Crippen molar-refractivity contribution in [3.63, 3.8) is 0 Å². The lowest BCUT2D eigenvalue weighted by Gasteiger charge is -2.04. The van der Waals surface area contributed by atoms with E-state index in [1.165, 1.54) is 6.39 Å². The van der Waals surface area contributed by atoms with Crippen molar-refractivity contribution in [1.29, 1.82) is 10.5 Å². The number of para-hydroxylation sites is 1. The van der Waals surface area contributed by atoms with Gasteiger partial charge in [-0.05, 0) is 12.1 Å². The summed E-state index contributed by atoms with van der Waals surface area (Å²) in [7, 11) is 0. The van der Waals surface area contributed by atoms with E-state index in [1.807, 2.05) is 0 Å². The molecule has 0 aliphatic rings. The van der Waals surface area contributed by atoms with Crippen LogP contribution in [-0.4, -0.2) is 15.9 Å². The summed E-state index contributed by atoms with van der Waals surface area (Å²) in [6.07, 6.45) is 1.21. The number of anilines is 1. The van der Waals surface area contributed by atoms with Gasteiger partial charge in [-0.15, -0.1) is 10.2 Å². The molecule has 0 aliphatic heterocycles. The lowest BCUT2D eigenvalue weighted by molar-refractivity contribution is 0.569. The van der Waals surface area contributed by atoms with Gasteiger partial charge in [0.05, 0.1) is 11.3 Å². The first kappa shape index (κ1) is 11.3. The lowest BCUT2D eigenvalue weighted by atomic mass is 10.2. The third-order valence-electron chi connectivity index (χ3n) is 2.02. The number of aromatic nitrogens is 2. The highest BCUT2D eigenvalue weighted by molar-refractivity contribution is 6.10. The number of hydrogen-bond donors (Lipinski definition) is 1. The van der Waals surface area contributed by atoms with Crippen molar-refractivity contribution in [3.8, 4) is 23.6 Å². The Morgan fingerprint density at radius 3 is 2.72 bits per heavy atom. The van der Waals surface area contributed by atoms with Gasteiger partial charge in [-0.3, -0.25) is 5.43 Å². The van der Waals surface area contributed by atoms with Crippen LogP contribution >= 0.6 is 0 Å². The number of benzene rings is 1. The number of hydrazone groups is 1. The maximum Gasteiger partial charge on any atom is 0.249 e. The summed E-state index contributed by atoms with van der Waals surface area (Å²) in [4.78, 5) is 0. The van der Waals surface area contributed by atoms with E-state index in [4.69, 9.17) is 14.9 Å². The molecule has 1 heterocycles. The highest BCUT2D eigenvalue weighted by atomic mass is 16.4. The second kappa shape index (κ2) is 5.23. The SMILES string of the molecule is N#CC(C#N)=NNc1ccccc1-c1nnco1. The quantitative estimate of drug-likeness (QED) is 0.641. The van der Waals surface area contributed by atoms with Gasteiger partial charge in [0.15, 0.2) is 0 Å². The molecule has 0 radical (unpaired) electrons. The van der Waals surface area contributed by atoms with Crippen molar-refractivity contribution >= 4 is 11.4 Å². The van der Waals surface area contributed by atoms with E-state index in [9.17, 15) is 0 Å². The monoisotopic (exact) mass is 238 g/mol. The maximum absolute atomic E-state index is 8.57. The van der Waals surface area contributed by atoms with E-state index in [1.54, 1.807) is 36.4 Å². The Morgan fingerprint density at radius 2 is 2.06 bits per heavy atom. The first-order chi connectivity index (χ1) is 8.85. The van der Waals surface area contributed by atoms with Crippen LogP contribution in [0.15, 0.2) is 40.2 Å². The Morgan fingerprint density at radius 1 is 1.28 bits per heavy atom. The zero-order valence-corrected chi connectivity index (χ0v) is 9.03. The number of rotatable bonds is 3. The predicted molar refractivity (Wildman–Crippen MR) is 62.0 cm³/mol. The van der Waals surface area contributed by atoms with Crippen LogP contribution in [0, 0.1) is 22.7 Å². The molecular formula is C11H6N6O. The molecule has 7 nitrogen and oxygen atoms in total. The van der Waals surface area contributed by atoms with E-state index in [-0.39, 0.29) is 5.71 Å². The molecule has 7 heteroatoms. The first-order valence-corrected chi connectivity index (χ1v) is 4.84. The Labute approximate surface area is 102 Å². The van der Waals surface area contributed by atoms with E-state index in [2.05, 4.69) is 20.7 Å². The minimum absolute atomic E-state index is 0.268. The molecule has 1 aromatic heterocycles. The molecule has 2 rings (SSSR count). The van der Waals surface area contributed by atoms with Gasteiger partial charge < -0.3 is 4.42 Å². The second-order valence-electron chi connectivity index (χ2n) is 3.09. The Bertz CT molecular complexity index is 631. The Kier molecular flexibility index (Phi) is 3.29. The Balaban J connectivity index is 2.33. The molecule has 0 amide bonds. The average molecular weight is 238 g/mol. The number of nitriles is 2. The molecule has 86 valence electrons. The van der Waals surface area contributed by atoms with Gasteiger partial charge in [-0.2, -0.15) is 15.6 Å². The van der Waals surface area contributed by atoms with Gasteiger partial charge in [0.1, 0.15) is 12.1 Å². The first-order valence-electron chi connectivity index (χ1n) is 4.84. The van der Waals surface area contributed by atoms with E-state index in [0.29, 0.717) is 17.1 Å². The standard InChI is InChI=1S/C11H6N6O/c12-5-8(6-13)15-16-10-4-2-1-3-9(10)11-17-14-7-18-11/h1-4,7,16H. The van der Waals surface area contributed by atoms with Crippen molar-refractivity contribution in [2.24, 2.45) is 5.10 Å². The molecule has 0 saturated heterocycles. The van der Waals surface area contributed by atoms with Crippen LogP contribution in [0.1, 0.15) is 0 Å². The fourth-order valence-electron chi connectivity index (χ4n) is 1.25. The van der Waals surface area contributed by atoms with Crippen LogP contribution in [-0.2, 0) is 0 Å². The maximum atomic E-state index is 8.57. The van der Waals surface area contributed by atoms with Gasteiger partial charge in [-0.25, -0.2) is 0 Å². The summed E-state index contributed by atoms with van der Waals surface area (Å²) in [5.74, 6) is 0.323. The molecule has 2 aromatic rings. The summed E-state index contributed by atoms with van der Waals surface area (Å²) >= 11 is 0. The third-order valence-corrected chi connectivity index (χ3v) is 2.02. The van der Waals surface area contributed by atoms with Crippen LogP contribution in [0.5, 0.6) is 0 Å². The van der Waals surface area contributed by atoms with Crippen LogP contribution < -0.4 is 5.43 Å². The van der Waals surface area contributed by atoms with Gasteiger partial charge in [0, 0.05) is 0 Å². The lowest BCUT2D eigenvalue weighted by Crippen LogP contribution is -1.97. The molecule has 1 aromatic carbocycles.